The van der Waals surface area contributed by atoms with E-state index >= 15 is 0 Å². The highest BCUT2D eigenvalue weighted by Crippen LogP contribution is 2.31. The molecule has 0 spiro atoms. The molecule has 35 heavy (non-hydrogen) atoms. The fraction of sp³-hybridized carbons (Fsp3) is 0.0769. The molecule has 1 heterocycles. The predicted octanol–water partition coefficient (Wildman–Crippen LogP) is 4.65. The Morgan fingerprint density at radius 1 is 0.971 bits per heavy atom. The summed E-state index contributed by atoms with van der Waals surface area (Å²) in [6.07, 6.45) is 1.34. The summed E-state index contributed by atoms with van der Waals surface area (Å²) in [7, 11) is 1.41. The van der Waals surface area contributed by atoms with Gasteiger partial charge < -0.3 is 9.47 Å². The van der Waals surface area contributed by atoms with Gasteiger partial charge in [0.25, 0.3) is 11.8 Å². The lowest BCUT2D eigenvalue weighted by atomic mass is 10.1. The molecule has 1 fully saturated rings. The molecule has 1 aliphatic heterocycles. The number of rotatable bonds is 5. The van der Waals surface area contributed by atoms with E-state index in [2.05, 4.69) is 21.2 Å². The number of methoxy groups -OCH3 is 1. The molecule has 1 aliphatic rings. The van der Waals surface area contributed by atoms with Crippen molar-refractivity contribution < 1.29 is 28.7 Å². The third-order valence-corrected chi connectivity index (χ3v) is 5.67. The monoisotopic (exact) mass is 534 g/mol. The van der Waals surface area contributed by atoms with E-state index in [-0.39, 0.29) is 17.1 Å². The number of halogens is 1. The van der Waals surface area contributed by atoms with Crippen molar-refractivity contribution in [3.8, 4) is 11.5 Å². The zero-order valence-electron chi connectivity index (χ0n) is 18.7. The molecule has 0 atom stereocenters. The number of aryl methyl sites for hydroxylation is 1. The Hall–Kier alpha value is -4.24. The van der Waals surface area contributed by atoms with Crippen molar-refractivity contribution in [2.45, 2.75) is 6.92 Å². The van der Waals surface area contributed by atoms with E-state index in [0.717, 1.165) is 14.9 Å². The maximum absolute atomic E-state index is 13.1. The third kappa shape index (κ3) is 5.15. The molecule has 4 rings (SSSR count). The number of hydrogen-bond donors (Lipinski definition) is 1. The highest BCUT2D eigenvalue weighted by atomic mass is 79.9. The van der Waals surface area contributed by atoms with Crippen LogP contribution in [0.5, 0.6) is 11.5 Å². The second-order valence-corrected chi connectivity index (χ2v) is 8.52. The van der Waals surface area contributed by atoms with Crippen molar-refractivity contribution in [1.29, 1.82) is 0 Å². The first-order valence-corrected chi connectivity index (χ1v) is 11.2. The molecule has 0 saturated carbocycles. The van der Waals surface area contributed by atoms with Crippen molar-refractivity contribution in [2.75, 3.05) is 12.0 Å². The van der Waals surface area contributed by atoms with Crippen molar-refractivity contribution in [2.24, 2.45) is 0 Å². The first kappa shape index (κ1) is 23.9. The minimum atomic E-state index is -0.838. The number of hydrogen-bond acceptors (Lipinski definition) is 6. The number of esters is 1. The van der Waals surface area contributed by atoms with Gasteiger partial charge in [-0.1, -0.05) is 39.7 Å². The van der Waals surface area contributed by atoms with Gasteiger partial charge in [-0.15, -0.1) is 0 Å². The number of nitrogens with zero attached hydrogens (tertiary/aromatic N) is 1. The Morgan fingerprint density at radius 2 is 1.71 bits per heavy atom. The van der Waals surface area contributed by atoms with E-state index in [1.165, 1.54) is 25.3 Å². The predicted molar refractivity (Wildman–Crippen MR) is 132 cm³/mol. The minimum absolute atomic E-state index is 0.173. The zero-order valence-corrected chi connectivity index (χ0v) is 20.3. The number of amides is 4. The Morgan fingerprint density at radius 3 is 2.40 bits per heavy atom. The Labute approximate surface area is 209 Å². The maximum Gasteiger partial charge on any atom is 0.343 e. The van der Waals surface area contributed by atoms with Gasteiger partial charge in [0.2, 0.25) is 0 Å². The van der Waals surface area contributed by atoms with Gasteiger partial charge in [-0.3, -0.25) is 14.9 Å². The van der Waals surface area contributed by atoms with Crippen molar-refractivity contribution in [1.82, 2.24) is 5.32 Å². The molecule has 1 saturated heterocycles. The van der Waals surface area contributed by atoms with Crippen LogP contribution in [0, 0.1) is 6.92 Å². The van der Waals surface area contributed by atoms with Gasteiger partial charge in [-0.05, 0) is 67.1 Å². The molecular weight excluding hydrogens is 516 g/mol. The second-order valence-electron chi connectivity index (χ2n) is 7.60. The van der Waals surface area contributed by atoms with Crippen LogP contribution in [0.15, 0.2) is 76.8 Å². The standard InChI is InChI=1S/C26H19BrN2O6/c1-15-4-3-5-17(12-15)25(32)35-21-11-6-16(14-22(21)34-2)13-20-23(30)28-26(33)29(24(20)31)19-9-7-18(27)8-10-19/h3-14H,1-2H3,(H,28,30,33)/b20-13+. The van der Waals surface area contributed by atoms with Gasteiger partial charge in [0.1, 0.15) is 5.57 Å². The third-order valence-electron chi connectivity index (χ3n) is 5.14. The van der Waals surface area contributed by atoms with Crippen LogP contribution in [0.4, 0.5) is 10.5 Å². The summed E-state index contributed by atoms with van der Waals surface area (Å²) in [6.45, 7) is 1.87. The van der Waals surface area contributed by atoms with E-state index in [0.29, 0.717) is 16.8 Å². The Bertz CT molecular complexity index is 1380. The molecule has 9 heteroatoms. The molecule has 0 unspecified atom stereocenters. The molecule has 3 aromatic rings. The highest BCUT2D eigenvalue weighted by molar-refractivity contribution is 9.10. The fourth-order valence-electron chi connectivity index (χ4n) is 3.44. The summed E-state index contributed by atoms with van der Waals surface area (Å²) in [4.78, 5) is 51.2. The lowest BCUT2D eigenvalue weighted by Gasteiger charge is -2.26. The van der Waals surface area contributed by atoms with Crippen molar-refractivity contribution in [3.05, 3.63) is 93.5 Å². The number of nitrogens with one attached hydrogen (secondary N) is 1. The minimum Gasteiger partial charge on any atom is -0.493 e. The molecule has 3 aromatic carbocycles. The summed E-state index contributed by atoms with van der Waals surface area (Å²) in [5, 5.41) is 2.18. The van der Waals surface area contributed by atoms with Gasteiger partial charge in [0, 0.05) is 4.47 Å². The molecule has 0 aliphatic carbocycles. The van der Waals surface area contributed by atoms with Gasteiger partial charge in [-0.2, -0.15) is 0 Å². The smallest absolute Gasteiger partial charge is 0.343 e. The lowest BCUT2D eigenvalue weighted by Crippen LogP contribution is -2.54. The number of anilines is 1. The maximum atomic E-state index is 13.1. The number of barbiturate groups is 1. The highest BCUT2D eigenvalue weighted by Gasteiger charge is 2.36. The Balaban J connectivity index is 1.62. The zero-order chi connectivity index (χ0) is 25.1. The average Bonchev–Trinajstić information content (AvgIpc) is 2.83. The summed E-state index contributed by atoms with van der Waals surface area (Å²) in [5.74, 6) is -1.74. The van der Waals surface area contributed by atoms with Crippen LogP contribution in [-0.2, 0) is 9.59 Å². The molecule has 176 valence electrons. The normalized spacial score (nSPS) is 14.7. The topological polar surface area (TPSA) is 102 Å². The summed E-state index contributed by atoms with van der Waals surface area (Å²) >= 11 is 3.30. The van der Waals surface area contributed by atoms with Crippen molar-refractivity contribution >= 4 is 51.5 Å². The van der Waals surface area contributed by atoms with Crippen LogP contribution >= 0.6 is 15.9 Å². The average molecular weight is 535 g/mol. The summed E-state index contributed by atoms with van der Waals surface area (Å²) in [6, 6.07) is 17.2. The number of carbonyl (C=O) groups excluding carboxylic acids is 4. The second kappa shape index (κ2) is 9.94. The number of ether oxygens (including phenoxy) is 2. The number of imide groups is 2. The van der Waals surface area contributed by atoms with E-state index in [4.69, 9.17) is 9.47 Å². The quantitative estimate of drug-likeness (QED) is 0.221. The van der Waals surface area contributed by atoms with Crippen LogP contribution in [-0.4, -0.2) is 30.9 Å². The van der Waals surface area contributed by atoms with Gasteiger partial charge in [-0.25, -0.2) is 14.5 Å². The molecule has 1 N–H and O–H groups in total. The van der Waals surface area contributed by atoms with E-state index in [9.17, 15) is 19.2 Å². The Kier molecular flexibility index (Phi) is 6.79. The van der Waals surface area contributed by atoms with Crippen LogP contribution in [0.3, 0.4) is 0 Å². The van der Waals surface area contributed by atoms with Crippen molar-refractivity contribution in [3.63, 3.8) is 0 Å². The van der Waals surface area contributed by atoms with Gasteiger partial charge in [0.15, 0.2) is 11.5 Å². The van der Waals surface area contributed by atoms with E-state index < -0.39 is 23.8 Å². The number of urea groups is 1. The molecule has 0 radical (unpaired) electrons. The molecule has 8 nitrogen and oxygen atoms in total. The summed E-state index contributed by atoms with van der Waals surface area (Å²) in [5.41, 5.74) is 1.81. The van der Waals surface area contributed by atoms with Gasteiger partial charge >= 0.3 is 12.0 Å². The summed E-state index contributed by atoms with van der Waals surface area (Å²) < 4.78 is 11.6. The van der Waals surface area contributed by atoms with E-state index in [1.807, 2.05) is 13.0 Å². The van der Waals surface area contributed by atoms with Crippen LogP contribution in [0.2, 0.25) is 0 Å². The first-order valence-electron chi connectivity index (χ1n) is 10.4. The van der Waals surface area contributed by atoms with E-state index in [1.54, 1.807) is 48.5 Å². The first-order chi connectivity index (χ1) is 16.8. The molecule has 0 bridgehead atoms. The largest absolute Gasteiger partial charge is 0.493 e. The molecule has 4 amide bonds. The SMILES string of the molecule is COc1cc(/C=C2\C(=O)NC(=O)N(c3ccc(Br)cc3)C2=O)ccc1OC(=O)c1cccc(C)c1. The van der Waals surface area contributed by atoms with Crippen LogP contribution in [0.25, 0.3) is 6.08 Å². The molecule has 0 aromatic heterocycles. The number of benzene rings is 3. The van der Waals surface area contributed by atoms with Crippen LogP contribution < -0.4 is 19.7 Å². The number of carbonyl (C=O) groups is 4. The van der Waals surface area contributed by atoms with Gasteiger partial charge in [0.05, 0.1) is 18.4 Å². The lowest BCUT2D eigenvalue weighted by molar-refractivity contribution is -0.122. The molecular formula is C26H19BrN2O6. The van der Waals surface area contributed by atoms with Crippen LogP contribution in [0.1, 0.15) is 21.5 Å². The fourth-order valence-corrected chi connectivity index (χ4v) is 3.70.